The Morgan fingerprint density at radius 2 is 1.87 bits per heavy atom. The zero-order chi connectivity index (χ0) is 28.3. The van der Waals surface area contributed by atoms with Crippen LogP contribution in [0, 0.1) is 6.92 Å². The van der Waals surface area contributed by atoms with E-state index in [9.17, 15) is 19.2 Å². The molecule has 0 bridgehead atoms. The number of carbonyl (C=O) groups excluding carboxylic acids is 4. The van der Waals surface area contributed by atoms with Gasteiger partial charge in [0.15, 0.2) is 18.1 Å². The van der Waals surface area contributed by atoms with Crippen molar-refractivity contribution in [1.82, 2.24) is 5.32 Å². The molecule has 1 fully saturated rings. The highest BCUT2D eigenvalue weighted by atomic mass is 79.9. The molecule has 4 rings (SSSR count). The molecule has 39 heavy (non-hydrogen) atoms. The van der Waals surface area contributed by atoms with Crippen molar-refractivity contribution in [3.05, 3.63) is 85.8 Å². The molecule has 200 valence electrons. The molecule has 1 saturated heterocycles. The van der Waals surface area contributed by atoms with E-state index in [1.165, 1.54) is 31.4 Å². The van der Waals surface area contributed by atoms with Crippen LogP contribution in [0.5, 0.6) is 11.5 Å². The summed E-state index contributed by atoms with van der Waals surface area (Å²) in [5, 5.41) is 5.70. The minimum atomic E-state index is -0.891. The molecule has 2 N–H and O–H groups in total. The number of methoxy groups -OCH3 is 1. The van der Waals surface area contributed by atoms with Crippen LogP contribution in [0.1, 0.15) is 11.1 Å². The van der Waals surface area contributed by atoms with Crippen LogP contribution in [0.2, 0.25) is 10.0 Å². The van der Waals surface area contributed by atoms with E-state index in [4.69, 9.17) is 32.7 Å². The monoisotopic (exact) mass is 631 g/mol. The van der Waals surface area contributed by atoms with Crippen LogP contribution < -0.4 is 25.0 Å². The molecule has 0 aromatic heterocycles. The predicted octanol–water partition coefficient (Wildman–Crippen LogP) is 5.76. The summed E-state index contributed by atoms with van der Waals surface area (Å²) in [6.45, 7) is 1.52. The second-order valence-corrected chi connectivity index (χ2v) is 9.97. The van der Waals surface area contributed by atoms with E-state index in [0.29, 0.717) is 25.8 Å². The highest BCUT2D eigenvalue weighted by Crippen LogP contribution is 2.37. The number of anilines is 2. The Hall–Kier alpha value is -3.86. The number of rotatable bonds is 7. The molecule has 0 unspecified atom stereocenters. The van der Waals surface area contributed by atoms with Crippen molar-refractivity contribution in [2.24, 2.45) is 0 Å². The number of ether oxygens (including phenoxy) is 2. The smallest absolute Gasteiger partial charge is 0.335 e. The number of halogens is 3. The maximum atomic E-state index is 13.1. The van der Waals surface area contributed by atoms with Gasteiger partial charge in [-0.3, -0.25) is 19.7 Å². The van der Waals surface area contributed by atoms with E-state index in [2.05, 4.69) is 26.6 Å². The molecule has 1 aliphatic rings. The van der Waals surface area contributed by atoms with E-state index in [-0.39, 0.29) is 29.4 Å². The predicted molar refractivity (Wildman–Crippen MR) is 151 cm³/mol. The molecule has 0 spiro atoms. The molecule has 3 aromatic rings. The van der Waals surface area contributed by atoms with E-state index in [1.807, 2.05) is 6.92 Å². The largest absolute Gasteiger partial charge is 0.493 e. The molecule has 1 aliphatic heterocycles. The topological polar surface area (TPSA) is 114 Å². The molecular weight excluding hydrogens is 613 g/mol. The third-order valence-corrected chi connectivity index (χ3v) is 6.77. The molecular formula is C27H20BrCl2N3O6. The summed E-state index contributed by atoms with van der Waals surface area (Å²) < 4.78 is 11.5. The third kappa shape index (κ3) is 6.42. The Morgan fingerprint density at radius 1 is 1.10 bits per heavy atom. The second-order valence-electron chi connectivity index (χ2n) is 8.27. The number of barbiturate groups is 1. The SMILES string of the molecule is COc1cc(/C=C2\C(=O)NC(=O)N(c3cccc(Cl)c3)C2=O)cc(Br)c1OCC(=O)Nc1ccc(C)c(Cl)c1. The highest BCUT2D eigenvalue weighted by molar-refractivity contribution is 9.10. The van der Waals surface area contributed by atoms with E-state index in [0.717, 1.165) is 10.5 Å². The number of amides is 5. The number of imide groups is 2. The summed E-state index contributed by atoms with van der Waals surface area (Å²) in [6.07, 6.45) is 1.31. The maximum Gasteiger partial charge on any atom is 0.335 e. The lowest BCUT2D eigenvalue weighted by Gasteiger charge is -2.26. The summed E-state index contributed by atoms with van der Waals surface area (Å²) in [5.41, 5.74) is 1.72. The van der Waals surface area contributed by atoms with Crippen molar-refractivity contribution in [3.8, 4) is 11.5 Å². The first-order valence-electron chi connectivity index (χ1n) is 11.3. The third-order valence-electron chi connectivity index (χ3n) is 5.53. The van der Waals surface area contributed by atoms with Crippen LogP contribution in [0.15, 0.2) is 64.6 Å². The van der Waals surface area contributed by atoms with Gasteiger partial charge < -0.3 is 14.8 Å². The first-order valence-corrected chi connectivity index (χ1v) is 12.9. The van der Waals surface area contributed by atoms with Crippen molar-refractivity contribution < 1.29 is 28.7 Å². The van der Waals surface area contributed by atoms with Gasteiger partial charge in [-0.05, 0) is 82.5 Å². The number of hydrogen-bond donors (Lipinski definition) is 2. The first-order chi connectivity index (χ1) is 18.6. The average Bonchev–Trinajstić information content (AvgIpc) is 2.87. The second kappa shape index (κ2) is 11.9. The number of carbonyl (C=O) groups is 4. The standard InChI is InChI=1S/C27H20BrCl2N3O6/c1-14-6-7-17(12-21(14)30)31-23(34)13-39-24-20(28)9-15(10-22(24)38-2)8-19-25(35)32-27(37)33(26(19)36)18-5-3-4-16(29)11-18/h3-12H,13H2,1-2H3,(H,31,34)(H,32,35,37)/b19-8+. The lowest BCUT2D eigenvalue weighted by molar-refractivity contribution is -0.122. The molecule has 0 radical (unpaired) electrons. The van der Waals surface area contributed by atoms with Gasteiger partial charge in [0.25, 0.3) is 17.7 Å². The zero-order valence-electron chi connectivity index (χ0n) is 20.5. The number of aryl methyl sites for hydroxylation is 1. The normalized spacial score (nSPS) is 14.3. The summed E-state index contributed by atoms with van der Waals surface area (Å²) in [6, 6.07) is 13.5. The quantitative estimate of drug-likeness (QED) is 0.253. The van der Waals surface area contributed by atoms with E-state index >= 15 is 0 Å². The molecule has 5 amide bonds. The van der Waals surface area contributed by atoms with Gasteiger partial charge in [-0.2, -0.15) is 0 Å². The highest BCUT2D eigenvalue weighted by Gasteiger charge is 2.37. The van der Waals surface area contributed by atoms with Crippen LogP contribution in [0.25, 0.3) is 6.08 Å². The van der Waals surface area contributed by atoms with Crippen LogP contribution >= 0.6 is 39.1 Å². The lowest BCUT2D eigenvalue weighted by Crippen LogP contribution is -2.54. The van der Waals surface area contributed by atoms with Gasteiger partial charge in [-0.1, -0.05) is 35.3 Å². The maximum absolute atomic E-state index is 13.1. The van der Waals surface area contributed by atoms with Crippen molar-refractivity contribution in [3.63, 3.8) is 0 Å². The van der Waals surface area contributed by atoms with Gasteiger partial charge in [0, 0.05) is 15.7 Å². The number of benzene rings is 3. The van der Waals surface area contributed by atoms with Gasteiger partial charge in [0.05, 0.1) is 17.3 Å². The van der Waals surface area contributed by atoms with Gasteiger partial charge in [0.1, 0.15) is 5.57 Å². The summed E-state index contributed by atoms with van der Waals surface area (Å²) in [7, 11) is 1.40. The fourth-order valence-corrected chi connectivity index (χ4v) is 4.58. The lowest BCUT2D eigenvalue weighted by atomic mass is 10.1. The number of urea groups is 1. The van der Waals surface area contributed by atoms with Gasteiger partial charge in [0.2, 0.25) is 0 Å². The van der Waals surface area contributed by atoms with E-state index in [1.54, 1.807) is 36.4 Å². The number of hydrogen-bond acceptors (Lipinski definition) is 6. The van der Waals surface area contributed by atoms with Crippen molar-refractivity contribution in [2.75, 3.05) is 23.9 Å². The molecule has 0 saturated carbocycles. The summed E-state index contributed by atoms with van der Waals surface area (Å²) in [5.74, 6) is -1.65. The molecule has 0 atom stereocenters. The Kier molecular flexibility index (Phi) is 8.59. The van der Waals surface area contributed by atoms with Gasteiger partial charge in [-0.25, -0.2) is 9.69 Å². The molecule has 3 aromatic carbocycles. The van der Waals surface area contributed by atoms with Crippen molar-refractivity contribution in [1.29, 1.82) is 0 Å². The summed E-state index contributed by atoms with van der Waals surface area (Å²) in [4.78, 5) is 51.4. The van der Waals surface area contributed by atoms with E-state index < -0.39 is 23.8 Å². The minimum absolute atomic E-state index is 0.206. The van der Waals surface area contributed by atoms with Gasteiger partial charge >= 0.3 is 6.03 Å². The number of nitrogens with zero attached hydrogens (tertiary/aromatic N) is 1. The Labute approximate surface area is 241 Å². The van der Waals surface area contributed by atoms with Crippen LogP contribution in [-0.2, 0) is 14.4 Å². The molecule has 0 aliphatic carbocycles. The molecule has 9 nitrogen and oxygen atoms in total. The number of nitrogens with one attached hydrogen (secondary N) is 2. The average molecular weight is 633 g/mol. The fraction of sp³-hybridized carbons (Fsp3) is 0.111. The Bertz CT molecular complexity index is 1540. The Morgan fingerprint density at radius 3 is 2.56 bits per heavy atom. The van der Waals surface area contributed by atoms with Gasteiger partial charge in [-0.15, -0.1) is 0 Å². The van der Waals surface area contributed by atoms with Crippen LogP contribution in [0.3, 0.4) is 0 Å². The van der Waals surface area contributed by atoms with Crippen LogP contribution in [0.4, 0.5) is 16.2 Å². The molecule has 12 heteroatoms. The first kappa shape index (κ1) is 28.2. The van der Waals surface area contributed by atoms with Crippen molar-refractivity contribution >= 4 is 80.3 Å². The van der Waals surface area contributed by atoms with Crippen molar-refractivity contribution in [2.45, 2.75) is 6.92 Å². The zero-order valence-corrected chi connectivity index (χ0v) is 23.6. The Balaban J connectivity index is 1.55. The molecule has 1 heterocycles. The van der Waals surface area contributed by atoms with Crippen LogP contribution in [-0.4, -0.2) is 37.5 Å². The summed E-state index contributed by atoms with van der Waals surface area (Å²) >= 11 is 15.5. The fourth-order valence-electron chi connectivity index (χ4n) is 3.64. The minimum Gasteiger partial charge on any atom is -0.493 e.